The van der Waals surface area contributed by atoms with E-state index in [0.717, 1.165) is 4.90 Å². The lowest BCUT2D eigenvalue weighted by Crippen LogP contribution is -2.59. The Kier molecular flexibility index (Phi) is 20.0. The van der Waals surface area contributed by atoms with Crippen molar-refractivity contribution >= 4 is 59.3 Å². The van der Waals surface area contributed by atoms with Gasteiger partial charge >= 0.3 is 17.9 Å². The summed E-state index contributed by atoms with van der Waals surface area (Å²) >= 11 is 0. The first-order valence-electron chi connectivity index (χ1n) is 19.3. The minimum Gasteiger partial charge on any atom is -0.481 e. The Morgan fingerprint density at radius 2 is 1.32 bits per heavy atom. The molecule has 7 amide bonds. The van der Waals surface area contributed by atoms with Gasteiger partial charge in [0.05, 0.1) is 19.1 Å². The molecule has 1 aliphatic heterocycles. The van der Waals surface area contributed by atoms with Gasteiger partial charge in [0.2, 0.25) is 41.4 Å². The second-order valence-electron chi connectivity index (χ2n) is 14.9. The Morgan fingerprint density at radius 1 is 0.733 bits per heavy atom. The Bertz CT molecular complexity index is 1730. The van der Waals surface area contributed by atoms with E-state index in [9.17, 15) is 63.3 Å². The van der Waals surface area contributed by atoms with Crippen molar-refractivity contribution in [3.8, 4) is 0 Å². The van der Waals surface area contributed by atoms with Crippen LogP contribution in [0.1, 0.15) is 71.8 Å². The van der Waals surface area contributed by atoms with Crippen LogP contribution < -0.4 is 37.6 Å². The molecule has 0 unspecified atom stereocenters. The molecule has 1 aliphatic rings. The fourth-order valence-electron chi connectivity index (χ4n) is 6.14. The third-order valence-corrected chi connectivity index (χ3v) is 9.37. The van der Waals surface area contributed by atoms with Gasteiger partial charge < -0.3 is 63.0 Å². The van der Waals surface area contributed by atoms with Gasteiger partial charge in [0.15, 0.2) is 0 Å². The fraction of sp³-hybridized carbons (Fsp3) is 0.579. The number of aliphatic hydroxyl groups excluding tert-OH is 1. The molecule has 1 aromatic carbocycles. The van der Waals surface area contributed by atoms with Gasteiger partial charge in [0.25, 0.3) is 0 Å². The zero-order chi connectivity index (χ0) is 45.3. The van der Waals surface area contributed by atoms with Crippen LogP contribution in [0.2, 0.25) is 0 Å². The average Bonchev–Trinajstić information content (AvgIpc) is 3.67. The summed E-state index contributed by atoms with van der Waals surface area (Å²) in [6.45, 7) is 5.34. The number of nitrogens with one attached hydrogen (secondary N) is 6. The van der Waals surface area contributed by atoms with Crippen LogP contribution in [0.5, 0.6) is 0 Å². The van der Waals surface area contributed by atoms with Crippen molar-refractivity contribution < 1.29 is 68.4 Å². The maximum Gasteiger partial charge on any atom is 0.326 e. The van der Waals surface area contributed by atoms with Gasteiger partial charge in [-0.15, -0.1) is 0 Å². The van der Waals surface area contributed by atoms with Gasteiger partial charge in [-0.2, -0.15) is 0 Å². The van der Waals surface area contributed by atoms with Crippen LogP contribution in [0.15, 0.2) is 30.3 Å². The molecule has 1 fully saturated rings. The summed E-state index contributed by atoms with van der Waals surface area (Å²) in [5, 5.41) is 52.1. The third-order valence-electron chi connectivity index (χ3n) is 9.37. The minimum absolute atomic E-state index is 0.0337. The second kappa shape index (κ2) is 24.1. The van der Waals surface area contributed by atoms with Crippen molar-refractivity contribution in [1.29, 1.82) is 0 Å². The molecule has 1 heterocycles. The number of likely N-dealkylation sites (tertiary alicyclic amines) is 1. The number of carboxylic acid groups (broad SMARTS) is 3. The van der Waals surface area contributed by atoms with Crippen molar-refractivity contribution in [1.82, 2.24) is 36.8 Å². The molecule has 0 radical (unpaired) electrons. The molecule has 1 aromatic rings. The van der Waals surface area contributed by atoms with Gasteiger partial charge in [0.1, 0.15) is 42.3 Å². The topological polar surface area (TPSA) is 353 Å². The summed E-state index contributed by atoms with van der Waals surface area (Å²) in [6.07, 6.45) is -2.67. The smallest absolute Gasteiger partial charge is 0.326 e. The lowest BCUT2D eigenvalue weighted by molar-refractivity contribution is -0.150. The highest BCUT2D eigenvalue weighted by Gasteiger charge is 2.39. The van der Waals surface area contributed by atoms with Gasteiger partial charge in [-0.3, -0.25) is 43.2 Å². The summed E-state index contributed by atoms with van der Waals surface area (Å²) in [6, 6.07) is -1.36. The van der Waals surface area contributed by atoms with Crippen molar-refractivity contribution in [2.24, 2.45) is 11.7 Å². The molecule has 8 atom stereocenters. The molecule has 22 heteroatoms. The molecule has 22 nitrogen and oxygen atoms in total. The molecular weight excluding hydrogens is 792 g/mol. The van der Waals surface area contributed by atoms with Gasteiger partial charge in [-0.25, -0.2) is 4.79 Å². The number of hydrogen-bond acceptors (Lipinski definition) is 12. The predicted molar refractivity (Wildman–Crippen MR) is 209 cm³/mol. The van der Waals surface area contributed by atoms with E-state index < -0.39 is 127 Å². The molecule has 12 N–H and O–H groups in total. The van der Waals surface area contributed by atoms with Crippen LogP contribution in [0.4, 0.5) is 0 Å². The van der Waals surface area contributed by atoms with Gasteiger partial charge in [0, 0.05) is 19.4 Å². The maximum atomic E-state index is 13.8. The lowest BCUT2D eigenvalue weighted by Gasteiger charge is -2.29. The predicted octanol–water partition coefficient (Wildman–Crippen LogP) is -3.04. The van der Waals surface area contributed by atoms with Gasteiger partial charge in [-0.1, -0.05) is 44.2 Å². The Hall–Kier alpha value is -6.16. The number of carbonyl (C=O) groups is 10. The number of carboxylic acids is 3. The first-order chi connectivity index (χ1) is 28.1. The monoisotopic (exact) mass is 848 g/mol. The highest BCUT2D eigenvalue weighted by atomic mass is 16.4. The van der Waals surface area contributed by atoms with Gasteiger partial charge in [-0.05, 0) is 51.0 Å². The summed E-state index contributed by atoms with van der Waals surface area (Å²) in [5.74, 6) is -10.5. The van der Waals surface area contributed by atoms with Crippen LogP contribution in [0.3, 0.4) is 0 Å². The van der Waals surface area contributed by atoms with E-state index >= 15 is 0 Å². The number of rotatable bonds is 24. The number of benzene rings is 1. The van der Waals surface area contributed by atoms with Crippen molar-refractivity contribution in [2.45, 2.75) is 121 Å². The summed E-state index contributed by atoms with van der Waals surface area (Å²) in [7, 11) is 0. The number of hydrogen-bond donors (Lipinski definition) is 11. The van der Waals surface area contributed by atoms with E-state index in [2.05, 4.69) is 31.9 Å². The zero-order valence-electron chi connectivity index (χ0n) is 33.8. The highest BCUT2D eigenvalue weighted by molar-refractivity contribution is 5.98. The third kappa shape index (κ3) is 16.6. The molecule has 0 spiro atoms. The van der Waals surface area contributed by atoms with E-state index in [1.54, 1.807) is 44.2 Å². The minimum atomic E-state index is -1.67. The normalized spacial score (nSPS) is 17.1. The highest BCUT2D eigenvalue weighted by Crippen LogP contribution is 2.19. The zero-order valence-corrected chi connectivity index (χ0v) is 33.8. The molecule has 2 rings (SSSR count). The summed E-state index contributed by atoms with van der Waals surface area (Å²) in [4.78, 5) is 128. The average molecular weight is 849 g/mol. The van der Waals surface area contributed by atoms with E-state index in [-0.39, 0.29) is 38.1 Å². The van der Waals surface area contributed by atoms with Crippen LogP contribution in [0.25, 0.3) is 0 Å². The first kappa shape index (κ1) is 50.0. The molecule has 0 aromatic heterocycles. The van der Waals surface area contributed by atoms with E-state index in [1.165, 1.54) is 13.8 Å². The SMILES string of the molecule is CC(C)C[C@H](NC(=O)[C@H](C)NC(=O)CNC(=O)[C@H](CCC(=O)O)NC(=O)[C@@H](N)[C@@H](C)O)C(=O)N[C@@H](Cc1ccccc1)C(=O)N[C@@H](CC(=O)O)C(=O)N1CCC[C@H]1C(=O)O. The van der Waals surface area contributed by atoms with Crippen LogP contribution in [-0.4, -0.2) is 146 Å². The molecular formula is C38H56N8O14. The molecule has 332 valence electrons. The number of nitrogens with two attached hydrogens (primary N) is 1. The number of amides is 7. The summed E-state index contributed by atoms with van der Waals surface area (Å²) < 4.78 is 0. The summed E-state index contributed by atoms with van der Waals surface area (Å²) in [5.41, 5.74) is 6.16. The van der Waals surface area contributed by atoms with Crippen molar-refractivity contribution in [3.05, 3.63) is 35.9 Å². The number of aliphatic carboxylic acids is 3. The largest absolute Gasteiger partial charge is 0.481 e. The Morgan fingerprint density at radius 3 is 1.88 bits per heavy atom. The van der Waals surface area contributed by atoms with Crippen LogP contribution >= 0.6 is 0 Å². The van der Waals surface area contributed by atoms with Crippen LogP contribution in [-0.2, 0) is 54.4 Å². The standard InChI is InChI=1S/C38H56N8O14/c1-19(2)15-24(43-32(53)20(3)41-28(48)18-40-33(54)23(12-13-29(49)50)42-36(57)31(39)21(4)47)34(55)44-25(16-22-9-6-5-7-10-22)35(56)45-26(17-30(51)52)37(58)46-14-8-11-27(46)38(59)60/h5-7,9-10,19-21,23-27,31,47H,8,11-18,39H2,1-4H3,(H,40,54)(H,41,48)(H,42,57)(H,43,53)(H,44,55)(H,45,56)(H,49,50)(H,51,52)(H,59,60)/t20-,21+,23-,24-,25-,26-,27-,31-/m0/s1. The van der Waals surface area contributed by atoms with Crippen molar-refractivity contribution in [3.63, 3.8) is 0 Å². The fourth-order valence-corrected chi connectivity index (χ4v) is 6.14. The van der Waals surface area contributed by atoms with E-state index in [1.807, 2.05) is 0 Å². The Balaban J connectivity index is 2.19. The maximum absolute atomic E-state index is 13.8. The number of aliphatic hydroxyl groups is 1. The van der Waals surface area contributed by atoms with E-state index in [4.69, 9.17) is 10.8 Å². The van der Waals surface area contributed by atoms with Crippen LogP contribution in [0, 0.1) is 5.92 Å². The Labute approximate surface area is 345 Å². The van der Waals surface area contributed by atoms with E-state index in [0.29, 0.717) is 12.0 Å². The lowest BCUT2D eigenvalue weighted by atomic mass is 10.0. The molecule has 1 saturated heterocycles. The second-order valence-corrected chi connectivity index (χ2v) is 14.9. The number of nitrogens with zero attached hydrogens (tertiary/aromatic N) is 1. The first-order valence-corrected chi connectivity index (χ1v) is 19.3. The molecule has 0 bridgehead atoms. The molecule has 0 aliphatic carbocycles. The molecule has 60 heavy (non-hydrogen) atoms. The quantitative estimate of drug-likeness (QED) is 0.0493. The van der Waals surface area contributed by atoms with Crippen molar-refractivity contribution in [2.75, 3.05) is 13.1 Å². The molecule has 0 saturated carbocycles. The number of carbonyl (C=O) groups excluding carboxylic acids is 7.